The molecule has 1 atom stereocenters. The fourth-order valence-electron chi connectivity index (χ4n) is 2.83. The number of benzene rings is 2. The molecule has 1 heterocycles. The normalized spacial score (nSPS) is 17.0. The molecule has 0 bridgehead atoms. The topological polar surface area (TPSA) is 44.5 Å². The second kappa shape index (κ2) is 7.30. The lowest BCUT2D eigenvalue weighted by molar-refractivity contribution is 0.0579. The van der Waals surface area contributed by atoms with Crippen LogP contribution in [0.25, 0.3) is 0 Å². The molecule has 2 aromatic carbocycles. The lowest BCUT2D eigenvalue weighted by atomic mass is 9.87. The van der Waals surface area contributed by atoms with Gasteiger partial charge in [-0.2, -0.15) is 0 Å². The fraction of sp³-hybridized carbons (Fsp3) is 0.333. The first-order valence-corrected chi connectivity index (χ1v) is 8.08. The largest absolute Gasteiger partial charge is 0.453 e. The van der Waals surface area contributed by atoms with E-state index in [9.17, 15) is 4.39 Å². The van der Waals surface area contributed by atoms with Crippen molar-refractivity contribution in [2.75, 3.05) is 13.2 Å². The molecule has 5 heteroatoms. The maximum absolute atomic E-state index is 14.9. The van der Waals surface area contributed by atoms with Gasteiger partial charge in [-0.05, 0) is 37.0 Å². The summed E-state index contributed by atoms with van der Waals surface area (Å²) < 4.78 is 25.9. The van der Waals surface area contributed by atoms with E-state index >= 15 is 0 Å². The highest BCUT2D eigenvalue weighted by Gasteiger charge is 2.26. The quantitative estimate of drug-likeness (QED) is 0.881. The monoisotopic (exact) mass is 335 g/mol. The molecule has 1 fully saturated rings. The second-order valence-electron chi connectivity index (χ2n) is 5.67. The molecule has 1 aliphatic rings. The molecule has 3 nitrogen and oxygen atoms in total. The lowest BCUT2D eigenvalue weighted by Gasteiger charge is -2.28. The van der Waals surface area contributed by atoms with Crippen molar-refractivity contribution >= 4 is 11.6 Å². The molecule has 0 saturated carbocycles. The van der Waals surface area contributed by atoms with Crippen molar-refractivity contribution in [3.05, 3.63) is 58.9 Å². The van der Waals surface area contributed by atoms with Gasteiger partial charge >= 0.3 is 0 Å². The Labute approximate surface area is 140 Å². The number of hydrogen-bond donors (Lipinski definition) is 1. The Balaban J connectivity index is 1.88. The van der Waals surface area contributed by atoms with Crippen LogP contribution in [0.5, 0.6) is 11.5 Å². The van der Waals surface area contributed by atoms with Gasteiger partial charge in [0.1, 0.15) is 5.75 Å². The van der Waals surface area contributed by atoms with Gasteiger partial charge in [0.05, 0.1) is 5.02 Å². The van der Waals surface area contributed by atoms with Crippen LogP contribution in [0.4, 0.5) is 4.39 Å². The van der Waals surface area contributed by atoms with E-state index in [2.05, 4.69) is 0 Å². The van der Waals surface area contributed by atoms with Crippen LogP contribution in [-0.2, 0) is 4.74 Å². The molecular weight excluding hydrogens is 317 g/mol. The first-order chi connectivity index (χ1) is 11.2. The molecule has 2 aromatic rings. The van der Waals surface area contributed by atoms with Crippen LogP contribution < -0.4 is 10.5 Å². The molecule has 1 saturated heterocycles. The lowest BCUT2D eigenvalue weighted by Crippen LogP contribution is -2.28. The number of ether oxygens (including phenoxy) is 2. The molecule has 0 aliphatic carbocycles. The summed E-state index contributed by atoms with van der Waals surface area (Å²) >= 11 is 6.12. The van der Waals surface area contributed by atoms with Gasteiger partial charge in [-0.3, -0.25) is 0 Å². The van der Waals surface area contributed by atoms with Gasteiger partial charge < -0.3 is 15.2 Å². The SMILES string of the molecule is N[C@H](c1ccc(Cl)c(Oc2ccccc2)c1F)C1CCOCC1. The minimum atomic E-state index is -0.486. The maximum atomic E-state index is 14.9. The average Bonchev–Trinajstić information content (AvgIpc) is 2.60. The Hall–Kier alpha value is -1.62. The van der Waals surface area contributed by atoms with Gasteiger partial charge in [-0.1, -0.05) is 35.9 Å². The smallest absolute Gasteiger partial charge is 0.181 e. The van der Waals surface area contributed by atoms with Gasteiger partial charge in [-0.25, -0.2) is 4.39 Å². The minimum absolute atomic E-state index is 0.0258. The Bertz CT molecular complexity index is 660. The van der Waals surface area contributed by atoms with Crippen LogP contribution in [0.1, 0.15) is 24.4 Å². The average molecular weight is 336 g/mol. The Morgan fingerprint density at radius 3 is 2.52 bits per heavy atom. The zero-order valence-electron chi connectivity index (χ0n) is 12.7. The Morgan fingerprint density at radius 1 is 1.13 bits per heavy atom. The molecule has 0 aromatic heterocycles. The number of nitrogens with two attached hydrogens (primary N) is 1. The zero-order valence-corrected chi connectivity index (χ0v) is 13.4. The summed E-state index contributed by atoms with van der Waals surface area (Å²) in [4.78, 5) is 0. The molecule has 0 spiro atoms. The summed E-state index contributed by atoms with van der Waals surface area (Å²) in [6.45, 7) is 1.34. The van der Waals surface area contributed by atoms with Crippen molar-refractivity contribution in [3.63, 3.8) is 0 Å². The molecule has 0 unspecified atom stereocenters. The van der Waals surface area contributed by atoms with E-state index in [1.807, 2.05) is 18.2 Å². The molecule has 23 heavy (non-hydrogen) atoms. The summed E-state index contributed by atoms with van der Waals surface area (Å²) in [6.07, 6.45) is 1.66. The first-order valence-electron chi connectivity index (χ1n) is 7.71. The molecule has 122 valence electrons. The highest BCUT2D eigenvalue weighted by molar-refractivity contribution is 6.32. The summed E-state index contributed by atoms with van der Waals surface area (Å²) in [5.41, 5.74) is 6.73. The van der Waals surface area contributed by atoms with E-state index in [0.717, 1.165) is 12.8 Å². The predicted octanol–water partition coefficient (Wildman–Crippen LogP) is 4.70. The maximum Gasteiger partial charge on any atom is 0.181 e. The highest BCUT2D eigenvalue weighted by atomic mass is 35.5. The molecule has 0 radical (unpaired) electrons. The standard InChI is InChI=1S/C18H19ClFNO2/c19-15-7-6-14(17(21)12-8-10-22-11-9-12)16(20)18(15)23-13-4-2-1-3-5-13/h1-7,12,17H,8-11,21H2/t17-/m0/s1. The minimum Gasteiger partial charge on any atom is -0.453 e. The molecule has 2 N–H and O–H groups in total. The van der Waals surface area contributed by atoms with E-state index in [-0.39, 0.29) is 16.7 Å². The van der Waals surface area contributed by atoms with Gasteiger partial charge in [0.15, 0.2) is 11.6 Å². The number of para-hydroxylation sites is 1. The van der Waals surface area contributed by atoms with E-state index < -0.39 is 11.9 Å². The van der Waals surface area contributed by atoms with Crippen LogP contribution in [0.15, 0.2) is 42.5 Å². The van der Waals surface area contributed by atoms with Crippen LogP contribution in [0.2, 0.25) is 5.02 Å². The molecule has 3 rings (SSSR count). The van der Waals surface area contributed by atoms with Crippen LogP contribution in [0, 0.1) is 11.7 Å². The molecule has 1 aliphatic heterocycles. The van der Waals surface area contributed by atoms with Crippen molar-refractivity contribution in [1.29, 1.82) is 0 Å². The van der Waals surface area contributed by atoms with E-state index in [1.54, 1.807) is 24.3 Å². The van der Waals surface area contributed by atoms with E-state index in [1.165, 1.54) is 0 Å². The van der Waals surface area contributed by atoms with Gasteiger partial charge in [-0.15, -0.1) is 0 Å². The molecule has 0 amide bonds. The van der Waals surface area contributed by atoms with Gasteiger partial charge in [0, 0.05) is 24.8 Å². The summed E-state index contributed by atoms with van der Waals surface area (Å²) in [7, 11) is 0. The van der Waals surface area contributed by atoms with Gasteiger partial charge in [0.25, 0.3) is 0 Å². The summed E-state index contributed by atoms with van der Waals surface area (Å²) in [5, 5.41) is 0.231. The van der Waals surface area contributed by atoms with Crippen LogP contribution in [-0.4, -0.2) is 13.2 Å². The van der Waals surface area contributed by atoms with Crippen LogP contribution >= 0.6 is 11.6 Å². The Kier molecular flexibility index (Phi) is 5.16. The van der Waals surface area contributed by atoms with Crippen LogP contribution in [0.3, 0.4) is 0 Å². The van der Waals surface area contributed by atoms with Crippen molar-refractivity contribution in [2.45, 2.75) is 18.9 Å². The first kappa shape index (κ1) is 16.2. The highest BCUT2D eigenvalue weighted by Crippen LogP contribution is 2.38. The third-order valence-corrected chi connectivity index (χ3v) is 4.47. The van der Waals surface area contributed by atoms with E-state index in [4.69, 9.17) is 26.8 Å². The predicted molar refractivity (Wildman–Crippen MR) is 88.4 cm³/mol. The third-order valence-electron chi connectivity index (χ3n) is 4.17. The number of hydrogen-bond acceptors (Lipinski definition) is 3. The molecular formula is C18H19ClFNO2. The summed E-state index contributed by atoms with van der Waals surface area (Å²) in [5.74, 6) is 0.271. The van der Waals surface area contributed by atoms with Crippen molar-refractivity contribution in [3.8, 4) is 11.5 Å². The Morgan fingerprint density at radius 2 is 1.83 bits per heavy atom. The zero-order chi connectivity index (χ0) is 16.2. The van der Waals surface area contributed by atoms with E-state index in [0.29, 0.717) is 24.5 Å². The number of halogens is 2. The van der Waals surface area contributed by atoms with Gasteiger partial charge in [0.2, 0.25) is 0 Å². The number of rotatable bonds is 4. The van der Waals surface area contributed by atoms with Crippen molar-refractivity contribution in [1.82, 2.24) is 0 Å². The summed E-state index contributed by atoms with van der Waals surface area (Å²) in [6, 6.07) is 11.9. The fourth-order valence-corrected chi connectivity index (χ4v) is 3.02. The third kappa shape index (κ3) is 3.66. The van der Waals surface area contributed by atoms with Crippen molar-refractivity contribution in [2.24, 2.45) is 11.7 Å². The second-order valence-corrected chi connectivity index (χ2v) is 6.08. The van der Waals surface area contributed by atoms with Crippen molar-refractivity contribution < 1.29 is 13.9 Å².